The third-order valence-electron chi connectivity index (χ3n) is 2.10. The molecule has 20 heavy (non-hydrogen) atoms. The summed E-state index contributed by atoms with van der Waals surface area (Å²) in [5.74, 6) is -0.119. The van der Waals surface area contributed by atoms with Crippen molar-refractivity contribution < 1.29 is 17.9 Å². The highest BCUT2D eigenvalue weighted by molar-refractivity contribution is 7.80. The van der Waals surface area contributed by atoms with Gasteiger partial charge in [-0.05, 0) is 18.1 Å². The molecule has 0 aliphatic rings. The number of nitrogens with one attached hydrogen (secondary N) is 2. The van der Waals surface area contributed by atoms with Gasteiger partial charge in [-0.25, -0.2) is 4.98 Å². The molecule has 0 radical (unpaired) electrons. The first kappa shape index (κ1) is 16.4. The highest BCUT2D eigenvalue weighted by Gasteiger charge is 2.34. The Hall–Kier alpha value is -1.64. The maximum atomic E-state index is 12.7. The summed E-state index contributed by atoms with van der Waals surface area (Å²) in [6, 6.07) is 0.718. The van der Waals surface area contributed by atoms with Gasteiger partial charge in [0.25, 0.3) is 0 Å². The van der Waals surface area contributed by atoms with Crippen LogP contribution in [0.4, 0.5) is 19.1 Å². The molecule has 0 fully saturated rings. The summed E-state index contributed by atoms with van der Waals surface area (Å²) < 4.78 is 42.7. The van der Waals surface area contributed by atoms with Gasteiger partial charge >= 0.3 is 6.18 Å². The molecule has 9 heteroatoms. The second-order valence-electron chi connectivity index (χ2n) is 4.35. The lowest BCUT2D eigenvalue weighted by atomic mass is 10.2. The first-order valence-corrected chi connectivity index (χ1v) is 6.18. The number of hydrogen-bond acceptors (Lipinski definition) is 4. The molecule has 0 bridgehead atoms. The minimum Gasteiger partial charge on any atom is -0.481 e. The average Bonchev–Trinajstić information content (AvgIpc) is 2.34. The van der Waals surface area contributed by atoms with Crippen molar-refractivity contribution in [2.45, 2.75) is 20.0 Å². The zero-order chi connectivity index (χ0) is 15.3. The Kier molecular flexibility index (Phi) is 5.49. The molecule has 0 saturated heterocycles. The molecule has 0 amide bonds. The van der Waals surface area contributed by atoms with Crippen LogP contribution in [0.1, 0.15) is 19.5 Å². The first-order chi connectivity index (χ1) is 9.22. The molecule has 5 nitrogen and oxygen atoms in total. The van der Waals surface area contributed by atoms with E-state index in [2.05, 4.69) is 20.6 Å². The summed E-state index contributed by atoms with van der Waals surface area (Å²) in [6.45, 7) is 4.53. The van der Waals surface area contributed by atoms with Gasteiger partial charge in [0.05, 0.1) is 7.11 Å². The molecule has 1 aromatic heterocycles. The number of methoxy groups -OCH3 is 1. The molecule has 112 valence electrons. The number of rotatable bonds is 4. The van der Waals surface area contributed by atoms with Gasteiger partial charge in [0.15, 0.2) is 10.8 Å². The van der Waals surface area contributed by atoms with Gasteiger partial charge in [-0.15, -0.1) is 0 Å². The predicted octanol–water partition coefficient (Wildman–Crippen LogP) is 2.45. The Morgan fingerprint density at radius 3 is 2.55 bits per heavy atom. The third kappa shape index (κ3) is 5.16. The second kappa shape index (κ2) is 6.69. The molecule has 1 heterocycles. The molecule has 0 atom stereocenters. The van der Waals surface area contributed by atoms with Gasteiger partial charge in [-0.2, -0.15) is 18.2 Å². The van der Waals surface area contributed by atoms with E-state index in [4.69, 9.17) is 17.0 Å². The first-order valence-electron chi connectivity index (χ1n) is 5.77. The highest BCUT2D eigenvalue weighted by Crippen LogP contribution is 2.30. The van der Waals surface area contributed by atoms with Crippen LogP contribution in [0.25, 0.3) is 0 Å². The lowest BCUT2D eigenvalue weighted by Gasteiger charge is -2.13. The van der Waals surface area contributed by atoms with Gasteiger partial charge in [0.2, 0.25) is 11.8 Å². The van der Waals surface area contributed by atoms with Crippen molar-refractivity contribution in [2.75, 3.05) is 19.0 Å². The fraction of sp³-hybridized carbons (Fsp3) is 0.545. The number of aromatic nitrogens is 2. The Balaban J connectivity index is 2.86. The summed E-state index contributed by atoms with van der Waals surface area (Å²) in [4.78, 5) is 7.13. The van der Waals surface area contributed by atoms with Crippen molar-refractivity contribution in [3.63, 3.8) is 0 Å². The fourth-order valence-corrected chi connectivity index (χ4v) is 1.35. The zero-order valence-corrected chi connectivity index (χ0v) is 12.0. The average molecular weight is 308 g/mol. The Morgan fingerprint density at radius 1 is 1.40 bits per heavy atom. The molecule has 0 unspecified atom stereocenters. The number of ether oxygens (including phenoxy) is 1. The number of thiocarbonyl (C=S) groups is 1. The fourth-order valence-electron chi connectivity index (χ4n) is 1.17. The molecule has 1 rings (SSSR count). The van der Waals surface area contributed by atoms with Crippen molar-refractivity contribution in [3.05, 3.63) is 11.8 Å². The minimum atomic E-state index is -4.58. The molecule has 0 aliphatic heterocycles. The van der Waals surface area contributed by atoms with Crippen molar-refractivity contribution in [1.29, 1.82) is 0 Å². The van der Waals surface area contributed by atoms with Crippen molar-refractivity contribution >= 4 is 23.3 Å². The number of halogens is 3. The quantitative estimate of drug-likeness (QED) is 0.833. The summed E-state index contributed by atoms with van der Waals surface area (Å²) in [5, 5.41) is 5.50. The molecule has 1 aromatic rings. The van der Waals surface area contributed by atoms with Gasteiger partial charge in [0.1, 0.15) is 0 Å². The molecule has 0 aliphatic carbocycles. The van der Waals surface area contributed by atoms with Crippen LogP contribution in [0, 0.1) is 5.92 Å². The van der Waals surface area contributed by atoms with E-state index in [0.29, 0.717) is 12.5 Å². The SMILES string of the molecule is COc1cc(C(F)(F)F)nc(NC(=S)NCC(C)C)n1. The standard InChI is InChI=1S/C11H15F3N4OS/c1-6(2)5-15-10(20)18-9-16-7(11(12,13)14)4-8(17-9)19-3/h4,6H,5H2,1-3H3,(H2,15,16,17,18,20). The summed E-state index contributed by atoms with van der Waals surface area (Å²) in [5.41, 5.74) is -1.10. The topological polar surface area (TPSA) is 59.1 Å². The Labute approximate surface area is 119 Å². The van der Waals surface area contributed by atoms with E-state index < -0.39 is 11.9 Å². The molecule has 0 aromatic carbocycles. The van der Waals surface area contributed by atoms with Gasteiger partial charge in [0, 0.05) is 12.6 Å². The lowest BCUT2D eigenvalue weighted by Crippen LogP contribution is -2.32. The van der Waals surface area contributed by atoms with Crippen LogP contribution in [0.2, 0.25) is 0 Å². The maximum absolute atomic E-state index is 12.7. The predicted molar refractivity (Wildman–Crippen MR) is 72.6 cm³/mol. The monoisotopic (exact) mass is 308 g/mol. The van der Waals surface area contributed by atoms with E-state index in [1.807, 2.05) is 13.8 Å². The summed E-state index contributed by atoms with van der Waals surface area (Å²) >= 11 is 4.95. The van der Waals surface area contributed by atoms with Crippen LogP contribution in [-0.4, -0.2) is 28.7 Å². The maximum Gasteiger partial charge on any atom is 0.433 e. The van der Waals surface area contributed by atoms with Crippen LogP contribution in [0.5, 0.6) is 5.88 Å². The van der Waals surface area contributed by atoms with E-state index >= 15 is 0 Å². The number of alkyl halides is 3. The highest BCUT2D eigenvalue weighted by atomic mass is 32.1. The smallest absolute Gasteiger partial charge is 0.433 e. The molecule has 2 N–H and O–H groups in total. The summed E-state index contributed by atoms with van der Waals surface area (Å²) in [7, 11) is 1.22. The third-order valence-corrected chi connectivity index (χ3v) is 2.34. The van der Waals surface area contributed by atoms with E-state index in [9.17, 15) is 13.2 Å². The van der Waals surface area contributed by atoms with Crippen LogP contribution >= 0.6 is 12.2 Å². The van der Waals surface area contributed by atoms with E-state index in [1.165, 1.54) is 7.11 Å². The van der Waals surface area contributed by atoms with Gasteiger partial charge in [-0.3, -0.25) is 0 Å². The van der Waals surface area contributed by atoms with Crippen LogP contribution in [0.15, 0.2) is 6.07 Å². The van der Waals surface area contributed by atoms with Crippen LogP contribution in [0.3, 0.4) is 0 Å². The van der Waals surface area contributed by atoms with E-state index in [0.717, 1.165) is 6.07 Å². The van der Waals surface area contributed by atoms with Crippen molar-refractivity contribution in [3.8, 4) is 5.88 Å². The van der Waals surface area contributed by atoms with Crippen molar-refractivity contribution in [1.82, 2.24) is 15.3 Å². The summed E-state index contributed by atoms with van der Waals surface area (Å²) in [6.07, 6.45) is -4.58. The van der Waals surface area contributed by atoms with Gasteiger partial charge < -0.3 is 15.4 Å². The molecular formula is C11H15F3N4OS. The zero-order valence-electron chi connectivity index (χ0n) is 11.2. The molecule has 0 saturated carbocycles. The van der Waals surface area contributed by atoms with Crippen LogP contribution < -0.4 is 15.4 Å². The normalized spacial score (nSPS) is 11.3. The second-order valence-corrected chi connectivity index (χ2v) is 4.75. The number of nitrogens with zero attached hydrogens (tertiary/aromatic N) is 2. The Morgan fingerprint density at radius 2 is 2.05 bits per heavy atom. The Bertz CT molecular complexity index is 479. The molecular weight excluding hydrogens is 293 g/mol. The lowest BCUT2D eigenvalue weighted by molar-refractivity contribution is -0.141. The number of anilines is 1. The van der Waals surface area contributed by atoms with Crippen molar-refractivity contribution in [2.24, 2.45) is 5.92 Å². The van der Waals surface area contributed by atoms with E-state index in [-0.39, 0.29) is 16.9 Å². The molecule has 0 spiro atoms. The van der Waals surface area contributed by atoms with Crippen LogP contribution in [-0.2, 0) is 6.18 Å². The minimum absolute atomic E-state index is 0.153. The largest absolute Gasteiger partial charge is 0.481 e. The number of hydrogen-bond donors (Lipinski definition) is 2. The van der Waals surface area contributed by atoms with E-state index in [1.54, 1.807) is 0 Å². The van der Waals surface area contributed by atoms with Gasteiger partial charge in [-0.1, -0.05) is 13.8 Å².